The highest BCUT2D eigenvalue weighted by atomic mass is 16.5. The lowest BCUT2D eigenvalue weighted by Crippen LogP contribution is -2.41. The number of ether oxygens (including phenoxy) is 1. The summed E-state index contributed by atoms with van der Waals surface area (Å²) in [6.07, 6.45) is 1.67. The zero-order valence-corrected chi connectivity index (χ0v) is 13.9. The molecule has 2 amide bonds. The summed E-state index contributed by atoms with van der Waals surface area (Å²) in [5.41, 5.74) is 1.84. The fourth-order valence-corrected chi connectivity index (χ4v) is 2.87. The predicted molar refractivity (Wildman–Crippen MR) is 85.2 cm³/mol. The largest absolute Gasteiger partial charge is 0.382 e. The first-order valence-corrected chi connectivity index (χ1v) is 7.60. The molecule has 1 atom stereocenters. The zero-order valence-electron chi connectivity index (χ0n) is 13.9. The van der Waals surface area contributed by atoms with E-state index < -0.39 is 0 Å². The van der Waals surface area contributed by atoms with Crippen molar-refractivity contribution in [3.8, 4) is 0 Å². The summed E-state index contributed by atoms with van der Waals surface area (Å²) in [5, 5.41) is 7.05. The van der Waals surface area contributed by atoms with Crippen LogP contribution in [0.25, 0.3) is 0 Å². The molecule has 2 aromatic rings. The van der Waals surface area contributed by atoms with Crippen molar-refractivity contribution in [2.45, 2.75) is 26.1 Å². The number of nitrogens with one attached hydrogen (secondary N) is 2. The summed E-state index contributed by atoms with van der Waals surface area (Å²) in [6, 6.07) is 1.23. The molecule has 1 aliphatic rings. The van der Waals surface area contributed by atoms with Crippen molar-refractivity contribution in [3.05, 3.63) is 45.4 Å². The Morgan fingerprint density at radius 3 is 2.96 bits per heavy atom. The van der Waals surface area contributed by atoms with Crippen LogP contribution in [0.3, 0.4) is 0 Å². The summed E-state index contributed by atoms with van der Waals surface area (Å²) in [6.45, 7) is 2.61. The van der Waals surface area contributed by atoms with Gasteiger partial charge in [0.25, 0.3) is 5.56 Å². The number of nitrogens with zero attached hydrogens (tertiary/aromatic N) is 4. The molecule has 0 fully saturated rings. The Morgan fingerprint density at radius 1 is 1.50 bits per heavy atom. The molecular formula is C15H20N6O3. The number of aryl methyl sites for hydroxylation is 2. The van der Waals surface area contributed by atoms with E-state index in [4.69, 9.17) is 4.74 Å². The second kappa shape index (κ2) is 6.44. The molecule has 2 N–H and O–H groups in total. The van der Waals surface area contributed by atoms with Crippen LogP contribution in [-0.4, -0.2) is 44.4 Å². The molecule has 0 radical (unpaired) electrons. The topological polar surface area (TPSA) is 105 Å². The Balaban J connectivity index is 1.74. The average molecular weight is 332 g/mol. The monoisotopic (exact) mass is 332 g/mol. The van der Waals surface area contributed by atoms with E-state index in [0.717, 1.165) is 5.69 Å². The van der Waals surface area contributed by atoms with Gasteiger partial charge in [0.1, 0.15) is 5.82 Å². The van der Waals surface area contributed by atoms with Crippen LogP contribution < -0.4 is 10.9 Å². The molecule has 0 saturated heterocycles. The molecule has 1 aliphatic heterocycles. The summed E-state index contributed by atoms with van der Waals surface area (Å²) in [7, 11) is 3.38. The summed E-state index contributed by atoms with van der Waals surface area (Å²) in [4.78, 5) is 33.1. The van der Waals surface area contributed by atoms with E-state index in [-0.39, 0.29) is 24.2 Å². The molecule has 24 heavy (non-hydrogen) atoms. The van der Waals surface area contributed by atoms with Crippen molar-refractivity contribution in [3.63, 3.8) is 0 Å². The van der Waals surface area contributed by atoms with Gasteiger partial charge in [-0.3, -0.25) is 9.48 Å². The minimum atomic E-state index is -0.327. The average Bonchev–Trinajstić information content (AvgIpc) is 3.13. The first-order valence-electron chi connectivity index (χ1n) is 7.60. The highest BCUT2D eigenvalue weighted by Crippen LogP contribution is 2.19. The number of hydrogen-bond acceptors (Lipinski definition) is 5. The van der Waals surface area contributed by atoms with Gasteiger partial charge in [-0.1, -0.05) is 0 Å². The molecule has 128 valence electrons. The SMILES string of the molecule is COC[C@H](NC(=O)N1Cc2nc(C)[nH]c(=O)c2C1)c1ccnn1C. The van der Waals surface area contributed by atoms with Gasteiger partial charge in [-0.25, -0.2) is 9.78 Å². The standard InChI is InChI=1S/C15H20N6O3/c1-9-17-11-7-21(6-10(11)14(22)18-9)15(23)19-12(8-24-3)13-4-5-16-20(13)2/h4-5,12H,6-8H2,1-3H3,(H,19,23)(H,17,18,22)/t12-/m0/s1. The van der Waals surface area contributed by atoms with Crippen LogP contribution in [0.4, 0.5) is 4.79 Å². The summed E-state index contributed by atoms with van der Waals surface area (Å²) >= 11 is 0. The third kappa shape index (κ3) is 3.02. The van der Waals surface area contributed by atoms with Crippen LogP contribution in [0.15, 0.2) is 17.1 Å². The van der Waals surface area contributed by atoms with Crippen LogP contribution in [0.2, 0.25) is 0 Å². The second-order valence-corrected chi connectivity index (χ2v) is 5.77. The van der Waals surface area contributed by atoms with Gasteiger partial charge in [0.15, 0.2) is 0 Å². The van der Waals surface area contributed by atoms with Crippen molar-refractivity contribution < 1.29 is 9.53 Å². The normalized spacial score (nSPS) is 14.5. The van der Waals surface area contributed by atoms with E-state index >= 15 is 0 Å². The molecule has 9 heteroatoms. The molecule has 0 saturated carbocycles. The number of aromatic nitrogens is 4. The predicted octanol–water partition coefficient (Wildman–Crippen LogP) is 0.225. The van der Waals surface area contributed by atoms with Gasteiger partial charge in [0.2, 0.25) is 0 Å². The molecule has 3 heterocycles. The number of amides is 2. The third-order valence-electron chi connectivity index (χ3n) is 4.04. The maximum Gasteiger partial charge on any atom is 0.318 e. The number of H-pyrrole nitrogens is 1. The molecule has 2 aromatic heterocycles. The molecule has 0 unspecified atom stereocenters. The lowest BCUT2D eigenvalue weighted by Gasteiger charge is -2.22. The molecule has 0 aromatic carbocycles. The van der Waals surface area contributed by atoms with Crippen LogP contribution in [0.1, 0.15) is 28.8 Å². The number of carbonyl (C=O) groups excluding carboxylic acids is 1. The molecule has 0 spiro atoms. The van der Waals surface area contributed by atoms with E-state index in [1.54, 1.807) is 29.8 Å². The van der Waals surface area contributed by atoms with E-state index in [1.807, 2.05) is 13.1 Å². The van der Waals surface area contributed by atoms with E-state index in [1.165, 1.54) is 0 Å². The Morgan fingerprint density at radius 2 is 2.29 bits per heavy atom. The lowest BCUT2D eigenvalue weighted by molar-refractivity contribution is 0.152. The van der Waals surface area contributed by atoms with E-state index in [2.05, 4.69) is 20.4 Å². The smallest absolute Gasteiger partial charge is 0.318 e. The van der Waals surface area contributed by atoms with Crippen molar-refractivity contribution >= 4 is 6.03 Å². The molecule has 0 bridgehead atoms. The maximum absolute atomic E-state index is 12.6. The van der Waals surface area contributed by atoms with Gasteiger partial charge in [-0.05, 0) is 13.0 Å². The number of aromatic amines is 1. The number of rotatable bonds is 4. The number of fused-ring (bicyclic) bond motifs is 1. The van der Waals surface area contributed by atoms with Crippen LogP contribution in [-0.2, 0) is 24.9 Å². The highest BCUT2D eigenvalue weighted by Gasteiger charge is 2.29. The fraction of sp³-hybridized carbons (Fsp3) is 0.467. The van der Waals surface area contributed by atoms with E-state index in [9.17, 15) is 9.59 Å². The number of carbonyl (C=O) groups is 1. The second-order valence-electron chi connectivity index (χ2n) is 5.77. The minimum Gasteiger partial charge on any atom is -0.382 e. The summed E-state index contributed by atoms with van der Waals surface area (Å²) in [5.74, 6) is 0.549. The fourth-order valence-electron chi connectivity index (χ4n) is 2.87. The Hall–Kier alpha value is -2.68. The third-order valence-corrected chi connectivity index (χ3v) is 4.04. The molecule has 9 nitrogen and oxygen atoms in total. The minimum absolute atomic E-state index is 0.187. The number of methoxy groups -OCH3 is 1. The Labute approximate surface area is 138 Å². The Kier molecular flexibility index (Phi) is 4.34. The van der Waals surface area contributed by atoms with Gasteiger partial charge in [-0.2, -0.15) is 5.10 Å². The molecular weight excluding hydrogens is 312 g/mol. The van der Waals surface area contributed by atoms with Crippen molar-refractivity contribution in [1.29, 1.82) is 0 Å². The summed E-state index contributed by atoms with van der Waals surface area (Å²) < 4.78 is 6.89. The van der Waals surface area contributed by atoms with Crippen molar-refractivity contribution in [2.75, 3.05) is 13.7 Å². The molecule has 3 rings (SSSR count). The van der Waals surface area contributed by atoms with Gasteiger partial charge >= 0.3 is 6.03 Å². The van der Waals surface area contributed by atoms with Gasteiger partial charge in [0, 0.05) is 20.4 Å². The number of hydrogen-bond donors (Lipinski definition) is 2. The van der Waals surface area contributed by atoms with Gasteiger partial charge < -0.3 is 19.9 Å². The quantitative estimate of drug-likeness (QED) is 0.833. The van der Waals surface area contributed by atoms with Crippen molar-refractivity contribution in [2.24, 2.45) is 7.05 Å². The first kappa shape index (κ1) is 16.2. The van der Waals surface area contributed by atoms with Gasteiger partial charge in [-0.15, -0.1) is 0 Å². The maximum atomic E-state index is 12.6. The first-order chi connectivity index (χ1) is 11.5. The molecule has 0 aliphatic carbocycles. The van der Waals surface area contributed by atoms with Crippen molar-refractivity contribution in [1.82, 2.24) is 30.0 Å². The van der Waals surface area contributed by atoms with Crippen LogP contribution >= 0.6 is 0 Å². The zero-order chi connectivity index (χ0) is 17.3. The highest BCUT2D eigenvalue weighted by molar-refractivity contribution is 5.75. The van der Waals surface area contributed by atoms with Crippen LogP contribution in [0.5, 0.6) is 0 Å². The lowest BCUT2D eigenvalue weighted by atomic mass is 10.2. The van der Waals surface area contributed by atoms with E-state index in [0.29, 0.717) is 30.2 Å². The van der Waals surface area contributed by atoms with Crippen LogP contribution in [0, 0.1) is 6.92 Å². The Bertz CT molecular complexity index is 812. The number of urea groups is 1. The van der Waals surface area contributed by atoms with Gasteiger partial charge in [0.05, 0.1) is 42.7 Å².